The molecule has 0 amide bonds. The molecule has 0 radical (unpaired) electrons. The van der Waals surface area contributed by atoms with Gasteiger partial charge in [0.1, 0.15) is 0 Å². The van der Waals surface area contributed by atoms with Gasteiger partial charge in [0.05, 0.1) is 12.3 Å². The lowest BCUT2D eigenvalue weighted by molar-refractivity contribution is 0.202. The van der Waals surface area contributed by atoms with Crippen LogP contribution in [0.2, 0.25) is 0 Å². The largest absolute Gasteiger partial charge is 0.383 e. The van der Waals surface area contributed by atoms with Gasteiger partial charge in [-0.05, 0) is 26.8 Å². The van der Waals surface area contributed by atoms with Crippen LogP contribution in [0, 0.1) is 0 Å². The predicted molar refractivity (Wildman–Crippen MR) is 83.2 cm³/mol. The number of hydrogen-bond donors (Lipinski definition) is 1. The highest BCUT2D eigenvalue weighted by atomic mass is 32.1. The molecular formula is C14H27N3OS. The van der Waals surface area contributed by atoms with Gasteiger partial charge in [-0.15, -0.1) is 11.3 Å². The molecule has 0 aromatic carbocycles. The summed E-state index contributed by atoms with van der Waals surface area (Å²) in [6, 6.07) is 0.843. The molecule has 0 bridgehead atoms. The van der Waals surface area contributed by atoms with E-state index in [0.29, 0.717) is 12.1 Å². The molecule has 0 aliphatic heterocycles. The van der Waals surface area contributed by atoms with Crippen molar-refractivity contribution in [1.29, 1.82) is 0 Å². The Morgan fingerprint density at radius 2 is 2.11 bits per heavy atom. The maximum atomic E-state index is 5.23. The normalized spacial score (nSPS) is 12.9. The van der Waals surface area contributed by atoms with Crippen LogP contribution >= 0.6 is 11.3 Å². The molecule has 0 aliphatic carbocycles. The number of nitrogens with one attached hydrogen (secondary N) is 1. The van der Waals surface area contributed by atoms with Crippen LogP contribution in [0.5, 0.6) is 0 Å². The SMILES string of the molecule is CCC(CC)N(CCOC)c1nc(C(C)NC)cs1. The minimum Gasteiger partial charge on any atom is -0.383 e. The number of methoxy groups -OCH3 is 1. The molecule has 1 N–H and O–H groups in total. The molecule has 19 heavy (non-hydrogen) atoms. The second kappa shape index (κ2) is 8.51. The van der Waals surface area contributed by atoms with Gasteiger partial charge in [-0.3, -0.25) is 0 Å². The van der Waals surface area contributed by atoms with Crippen molar-refractivity contribution in [3.8, 4) is 0 Å². The Balaban J connectivity index is 2.86. The van der Waals surface area contributed by atoms with Crippen LogP contribution in [0.3, 0.4) is 0 Å². The first-order valence-electron chi connectivity index (χ1n) is 7.06. The topological polar surface area (TPSA) is 37.4 Å². The van der Waals surface area contributed by atoms with Gasteiger partial charge in [0.25, 0.3) is 0 Å². The first-order valence-corrected chi connectivity index (χ1v) is 7.94. The number of aromatic nitrogens is 1. The van der Waals surface area contributed by atoms with Crippen molar-refractivity contribution >= 4 is 16.5 Å². The smallest absolute Gasteiger partial charge is 0.185 e. The van der Waals surface area contributed by atoms with Crippen molar-refractivity contribution in [3.05, 3.63) is 11.1 Å². The maximum Gasteiger partial charge on any atom is 0.185 e. The van der Waals surface area contributed by atoms with Crippen molar-refractivity contribution in [3.63, 3.8) is 0 Å². The second-order valence-electron chi connectivity index (χ2n) is 4.72. The molecule has 5 heteroatoms. The molecule has 0 saturated heterocycles. The molecule has 1 aromatic rings. The van der Waals surface area contributed by atoms with Gasteiger partial charge >= 0.3 is 0 Å². The van der Waals surface area contributed by atoms with Crippen molar-refractivity contribution in [1.82, 2.24) is 10.3 Å². The van der Waals surface area contributed by atoms with Crippen LogP contribution in [0.4, 0.5) is 5.13 Å². The van der Waals surface area contributed by atoms with Gasteiger partial charge in [0, 0.05) is 31.1 Å². The Bertz CT molecular complexity index is 352. The Hall–Kier alpha value is -0.650. The quantitative estimate of drug-likeness (QED) is 0.756. The van der Waals surface area contributed by atoms with Gasteiger partial charge in [0.15, 0.2) is 5.13 Å². The third-order valence-electron chi connectivity index (χ3n) is 3.55. The van der Waals surface area contributed by atoms with Gasteiger partial charge in [0.2, 0.25) is 0 Å². The Morgan fingerprint density at radius 3 is 2.63 bits per heavy atom. The van der Waals surface area contributed by atoms with Crippen LogP contribution < -0.4 is 10.2 Å². The highest BCUT2D eigenvalue weighted by molar-refractivity contribution is 7.13. The number of rotatable bonds is 9. The summed E-state index contributed by atoms with van der Waals surface area (Å²) in [4.78, 5) is 7.17. The number of ether oxygens (including phenoxy) is 1. The summed E-state index contributed by atoms with van der Waals surface area (Å²) in [5.74, 6) is 0. The Labute approximate surface area is 121 Å². The van der Waals surface area contributed by atoms with E-state index in [9.17, 15) is 0 Å². The molecule has 0 fully saturated rings. The molecule has 1 heterocycles. The summed E-state index contributed by atoms with van der Waals surface area (Å²) in [5, 5.41) is 6.50. The lowest BCUT2D eigenvalue weighted by Gasteiger charge is -2.30. The van der Waals surface area contributed by atoms with E-state index in [1.807, 2.05) is 7.05 Å². The highest BCUT2D eigenvalue weighted by Gasteiger charge is 2.19. The fourth-order valence-corrected chi connectivity index (χ4v) is 3.13. The summed E-state index contributed by atoms with van der Waals surface area (Å²) in [7, 11) is 3.72. The van der Waals surface area contributed by atoms with Crippen LogP contribution in [-0.2, 0) is 4.74 Å². The number of nitrogens with zero attached hydrogens (tertiary/aromatic N) is 2. The van der Waals surface area contributed by atoms with Gasteiger partial charge < -0.3 is 15.0 Å². The fraction of sp³-hybridized carbons (Fsp3) is 0.786. The monoisotopic (exact) mass is 285 g/mol. The molecule has 0 aliphatic rings. The first kappa shape index (κ1) is 16.4. The average Bonchev–Trinajstić information content (AvgIpc) is 2.92. The van der Waals surface area contributed by atoms with Crippen molar-refractivity contribution in [2.75, 3.05) is 32.2 Å². The molecule has 4 nitrogen and oxygen atoms in total. The maximum absolute atomic E-state index is 5.23. The molecule has 1 aromatic heterocycles. The predicted octanol–water partition coefficient (Wildman–Crippen LogP) is 3.06. The van der Waals surface area contributed by atoms with Crippen LogP contribution in [0.25, 0.3) is 0 Å². The highest BCUT2D eigenvalue weighted by Crippen LogP contribution is 2.27. The number of anilines is 1. The van der Waals surface area contributed by atoms with E-state index in [1.165, 1.54) is 0 Å². The van der Waals surface area contributed by atoms with E-state index < -0.39 is 0 Å². The van der Waals surface area contributed by atoms with E-state index in [0.717, 1.165) is 36.8 Å². The molecule has 0 saturated carbocycles. The number of hydrogen-bond acceptors (Lipinski definition) is 5. The number of thiazole rings is 1. The van der Waals surface area contributed by atoms with Crippen molar-refractivity contribution in [2.24, 2.45) is 0 Å². The van der Waals surface area contributed by atoms with Crippen LogP contribution in [-0.4, -0.2) is 38.3 Å². The standard InChI is InChI=1S/C14H27N3OS/c1-6-12(7-2)17(8-9-18-5)14-16-13(10-19-14)11(3)15-4/h10-12,15H,6-9H2,1-5H3. The van der Waals surface area contributed by atoms with Crippen LogP contribution in [0.15, 0.2) is 5.38 Å². The Kier molecular flexibility index (Phi) is 7.34. The third kappa shape index (κ3) is 4.44. The van der Waals surface area contributed by atoms with Crippen molar-refractivity contribution < 1.29 is 4.74 Å². The van der Waals surface area contributed by atoms with E-state index in [1.54, 1.807) is 18.4 Å². The van der Waals surface area contributed by atoms with E-state index in [4.69, 9.17) is 9.72 Å². The Morgan fingerprint density at radius 1 is 1.42 bits per heavy atom. The lowest BCUT2D eigenvalue weighted by atomic mass is 10.1. The van der Waals surface area contributed by atoms with E-state index >= 15 is 0 Å². The fourth-order valence-electron chi connectivity index (χ4n) is 2.11. The second-order valence-corrected chi connectivity index (χ2v) is 5.56. The molecule has 1 rings (SSSR count). The van der Waals surface area contributed by atoms with E-state index in [-0.39, 0.29) is 0 Å². The minimum atomic E-state index is 0.302. The molecule has 1 unspecified atom stereocenters. The zero-order valence-electron chi connectivity index (χ0n) is 12.8. The molecule has 1 atom stereocenters. The van der Waals surface area contributed by atoms with Gasteiger partial charge in [-0.2, -0.15) is 0 Å². The van der Waals surface area contributed by atoms with Gasteiger partial charge in [-0.25, -0.2) is 4.98 Å². The summed E-state index contributed by atoms with van der Waals surface area (Å²) < 4.78 is 5.23. The summed E-state index contributed by atoms with van der Waals surface area (Å²) >= 11 is 1.73. The average molecular weight is 285 g/mol. The van der Waals surface area contributed by atoms with Crippen LogP contribution in [0.1, 0.15) is 45.3 Å². The summed E-state index contributed by atoms with van der Waals surface area (Å²) in [6.07, 6.45) is 2.27. The van der Waals surface area contributed by atoms with Gasteiger partial charge in [-0.1, -0.05) is 13.8 Å². The lowest BCUT2D eigenvalue weighted by Crippen LogP contribution is -2.37. The van der Waals surface area contributed by atoms with Crippen molar-refractivity contribution in [2.45, 2.75) is 45.7 Å². The minimum absolute atomic E-state index is 0.302. The summed E-state index contributed by atoms with van der Waals surface area (Å²) in [5.41, 5.74) is 1.12. The summed E-state index contributed by atoms with van der Waals surface area (Å²) in [6.45, 7) is 8.25. The first-order chi connectivity index (χ1) is 9.17. The van der Waals surface area contributed by atoms with E-state index in [2.05, 4.69) is 36.4 Å². The zero-order chi connectivity index (χ0) is 14.3. The molecule has 110 valence electrons. The zero-order valence-corrected chi connectivity index (χ0v) is 13.6. The third-order valence-corrected chi connectivity index (χ3v) is 4.45. The molecular weight excluding hydrogens is 258 g/mol. The molecule has 0 spiro atoms.